The molecule has 0 aliphatic heterocycles. The fourth-order valence-electron chi connectivity index (χ4n) is 4.39. The van der Waals surface area contributed by atoms with Crippen LogP contribution in [0.15, 0.2) is 127 Å². The second-order valence-corrected chi connectivity index (χ2v) is 10.6. The van der Waals surface area contributed by atoms with Crippen LogP contribution in [0.1, 0.15) is 11.1 Å². The molecule has 0 heterocycles. The highest BCUT2D eigenvalue weighted by Gasteiger charge is 2.22. The van der Waals surface area contributed by atoms with E-state index in [1.165, 1.54) is 43.9 Å². The lowest BCUT2D eigenvalue weighted by Gasteiger charge is -2.26. The molecule has 0 saturated heterocycles. The highest BCUT2D eigenvalue weighted by atomic mass is 31.1. The van der Waals surface area contributed by atoms with Gasteiger partial charge in [-0.15, -0.1) is 0 Å². The molecule has 34 heavy (non-hydrogen) atoms. The van der Waals surface area contributed by atoms with Crippen molar-refractivity contribution < 1.29 is 0 Å². The van der Waals surface area contributed by atoms with Crippen molar-refractivity contribution in [2.24, 2.45) is 0 Å². The van der Waals surface area contributed by atoms with E-state index in [4.69, 9.17) is 0 Å². The molecular weight excluding hydrogens is 429 g/mol. The van der Waals surface area contributed by atoms with Crippen molar-refractivity contribution in [2.75, 3.05) is 5.32 Å². The normalized spacial score (nSPS) is 10.9. The van der Waals surface area contributed by atoms with E-state index in [0.29, 0.717) is 0 Å². The highest BCUT2D eigenvalue weighted by molar-refractivity contribution is 7.80. The summed E-state index contributed by atoms with van der Waals surface area (Å²) in [7, 11) is -0.751. The summed E-state index contributed by atoms with van der Waals surface area (Å²) in [5.41, 5.74) is 7.33. The Bertz CT molecular complexity index is 1350. The van der Waals surface area contributed by atoms with Crippen molar-refractivity contribution in [3.63, 3.8) is 0 Å². The lowest BCUT2D eigenvalue weighted by Crippen LogP contribution is -2.23. The van der Waals surface area contributed by atoms with E-state index in [-0.39, 0.29) is 0 Å². The first-order valence-electron chi connectivity index (χ1n) is 11.6. The third-order valence-electron chi connectivity index (χ3n) is 6.15. The van der Waals surface area contributed by atoms with Crippen LogP contribution in [0.4, 0.5) is 11.4 Å². The van der Waals surface area contributed by atoms with E-state index < -0.39 is 7.92 Å². The quantitative estimate of drug-likeness (QED) is 0.261. The second-order valence-electron chi connectivity index (χ2n) is 8.46. The Morgan fingerprint density at radius 2 is 1.00 bits per heavy atom. The van der Waals surface area contributed by atoms with Gasteiger partial charge in [-0.1, -0.05) is 121 Å². The van der Waals surface area contributed by atoms with Gasteiger partial charge >= 0.3 is 0 Å². The number of nitrogens with one attached hydrogen (secondary N) is 1. The monoisotopic (exact) mass is 457 g/mol. The molecule has 0 aromatic heterocycles. The summed E-state index contributed by atoms with van der Waals surface area (Å²) in [5, 5.41) is 7.89. The Hall–Kier alpha value is -3.67. The Morgan fingerprint density at radius 3 is 1.62 bits per heavy atom. The summed E-state index contributed by atoms with van der Waals surface area (Å²) in [6.07, 6.45) is 0. The van der Waals surface area contributed by atoms with Crippen molar-refractivity contribution >= 4 is 35.2 Å². The molecule has 0 unspecified atom stereocenters. The summed E-state index contributed by atoms with van der Waals surface area (Å²) in [4.78, 5) is 0. The molecule has 1 N–H and O–H groups in total. The average molecular weight is 458 g/mol. The summed E-state index contributed by atoms with van der Waals surface area (Å²) in [6.45, 7) is 4.35. The molecule has 166 valence electrons. The number of para-hydroxylation sites is 2. The van der Waals surface area contributed by atoms with E-state index in [0.717, 1.165) is 5.69 Å². The lowest BCUT2D eigenvalue weighted by atomic mass is 9.98. The van der Waals surface area contributed by atoms with E-state index >= 15 is 0 Å². The van der Waals surface area contributed by atoms with Crippen molar-refractivity contribution in [3.8, 4) is 11.1 Å². The fraction of sp³-hybridized carbons (Fsp3) is 0.0625. The first kappa shape index (κ1) is 22.1. The molecule has 1 nitrogen and oxygen atoms in total. The molecule has 5 rings (SSSR count). The van der Waals surface area contributed by atoms with Crippen molar-refractivity contribution in [1.82, 2.24) is 0 Å². The maximum atomic E-state index is 3.87. The van der Waals surface area contributed by atoms with Gasteiger partial charge in [0.15, 0.2) is 0 Å². The first-order valence-corrected chi connectivity index (χ1v) is 13.0. The van der Waals surface area contributed by atoms with E-state index in [1.807, 2.05) is 0 Å². The first-order chi connectivity index (χ1) is 16.7. The third-order valence-corrected chi connectivity index (χ3v) is 8.64. The van der Waals surface area contributed by atoms with Gasteiger partial charge < -0.3 is 5.32 Å². The zero-order chi connectivity index (χ0) is 23.3. The predicted octanol–water partition coefficient (Wildman–Crippen LogP) is 7.47. The number of benzene rings is 5. The Kier molecular flexibility index (Phi) is 6.56. The zero-order valence-corrected chi connectivity index (χ0v) is 20.5. The summed E-state index contributed by atoms with van der Waals surface area (Å²) >= 11 is 0. The predicted molar refractivity (Wildman–Crippen MR) is 150 cm³/mol. The number of hydrogen-bond donors (Lipinski definition) is 1. The minimum atomic E-state index is -0.751. The number of rotatable bonds is 6. The number of anilines is 2. The van der Waals surface area contributed by atoms with Gasteiger partial charge in [0.1, 0.15) is 0 Å². The van der Waals surface area contributed by atoms with Crippen molar-refractivity contribution in [2.45, 2.75) is 13.8 Å². The topological polar surface area (TPSA) is 12.0 Å². The molecule has 0 amide bonds. The second kappa shape index (κ2) is 10.1. The average Bonchev–Trinajstić information content (AvgIpc) is 2.88. The Balaban J connectivity index is 1.78. The van der Waals surface area contributed by atoms with Crippen LogP contribution < -0.4 is 21.2 Å². The smallest absolute Gasteiger partial charge is 0.0548 e. The molecule has 5 aromatic rings. The SMILES string of the molecule is Cc1ccccc1Nc1c(-c2ccccc2C)cccc1P(c1ccccc1)c1ccccc1. The van der Waals surface area contributed by atoms with Crippen LogP contribution in [0, 0.1) is 13.8 Å². The highest BCUT2D eigenvalue weighted by Crippen LogP contribution is 2.41. The maximum Gasteiger partial charge on any atom is 0.0548 e. The third kappa shape index (κ3) is 4.53. The standard InChI is InChI=1S/C32H28NP/c1-24-14-9-11-20-28(24)29-21-13-23-31(32(29)33-30-22-12-10-15-25(30)2)34(26-16-5-3-6-17-26)27-18-7-4-8-19-27/h3-23,33H,1-2H3. The van der Waals surface area contributed by atoms with Gasteiger partial charge in [-0.25, -0.2) is 0 Å². The molecule has 5 aromatic carbocycles. The zero-order valence-electron chi connectivity index (χ0n) is 19.6. The number of aryl methyl sites for hydroxylation is 2. The molecule has 0 bridgehead atoms. The molecule has 0 aliphatic carbocycles. The van der Waals surface area contributed by atoms with Gasteiger partial charge in [0, 0.05) is 16.6 Å². The van der Waals surface area contributed by atoms with Crippen LogP contribution in [-0.2, 0) is 0 Å². The molecule has 0 aliphatic rings. The van der Waals surface area contributed by atoms with Crippen LogP contribution in [0.5, 0.6) is 0 Å². The van der Waals surface area contributed by atoms with Gasteiger partial charge in [-0.3, -0.25) is 0 Å². The molecule has 0 radical (unpaired) electrons. The van der Waals surface area contributed by atoms with Gasteiger partial charge in [0.25, 0.3) is 0 Å². The molecule has 2 heteroatoms. The van der Waals surface area contributed by atoms with Gasteiger partial charge in [-0.2, -0.15) is 0 Å². The molecule has 0 fully saturated rings. The summed E-state index contributed by atoms with van der Waals surface area (Å²) < 4.78 is 0. The van der Waals surface area contributed by atoms with Crippen LogP contribution >= 0.6 is 7.92 Å². The van der Waals surface area contributed by atoms with Crippen LogP contribution in [0.3, 0.4) is 0 Å². The van der Waals surface area contributed by atoms with E-state index in [2.05, 4.69) is 147 Å². The van der Waals surface area contributed by atoms with E-state index in [9.17, 15) is 0 Å². The molecule has 0 saturated carbocycles. The molecular formula is C32H28NP. The lowest BCUT2D eigenvalue weighted by molar-refractivity contribution is 1.42. The van der Waals surface area contributed by atoms with Crippen molar-refractivity contribution in [3.05, 3.63) is 139 Å². The van der Waals surface area contributed by atoms with Gasteiger partial charge in [0.2, 0.25) is 0 Å². The van der Waals surface area contributed by atoms with Gasteiger partial charge in [0.05, 0.1) is 5.69 Å². The Morgan fingerprint density at radius 1 is 0.471 bits per heavy atom. The van der Waals surface area contributed by atoms with Gasteiger partial charge in [-0.05, 0) is 55.1 Å². The summed E-state index contributed by atoms with van der Waals surface area (Å²) in [6, 6.07) is 45.8. The summed E-state index contributed by atoms with van der Waals surface area (Å²) in [5.74, 6) is 0. The Labute approximate surface area is 203 Å². The largest absolute Gasteiger partial charge is 0.354 e. The van der Waals surface area contributed by atoms with Crippen LogP contribution in [0.25, 0.3) is 11.1 Å². The molecule has 0 spiro atoms. The van der Waals surface area contributed by atoms with Crippen LogP contribution in [0.2, 0.25) is 0 Å². The number of hydrogen-bond acceptors (Lipinski definition) is 1. The van der Waals surface area contributed by atoms with Crippen molar-refractivity contribution in [1.29, 1.82) is 0 Å². The fourth-order valence-corrected chi connectivity index (χ4v) is 6.82. The van der Waals surface area contributed by atoms with E-state index in [1.54, 1.807) is 0 Å². The van der Waals surface area contributed by atoms with Crippen LogP contribution in [-0.4, -0.2) is 0 Å². The maximum absolute atomic E-state index is 3.87. The minimum Gasteiger partial charge on any atom is -0.354 e. The molecule has 0 atom stereocenters. The minimum absolute atomic E-state index is 0.751.